The first-order valence-corrected chi connectivity index (χ1v) is 8.59. The molecule has 1 N–H and O–H groups in total. The highest BCUT2D eigenvalue weighted by Crippen LogP contribution is 2.21. The first kappa shape index (κ1) is 18.3. The molecule has 0 heterocycles. The average Bonchev–Trinajstić information content (AvgIpc) is 2.56. The van der Waals surface area contributed by atoms with Crippen LogP contribution in [0.15, 0.2) is 42.5 Å². The van der Waals surface area contributed by atoms with Gasteiger partial charge in [-0.2, -0.15) is 0 Å². The fourth-order valence-corrected chi connectivity index (χ4v) is 2.47. The third-order valence-corrected chi connectivity index (χ3v) is 4.30. The highest BCUT2D eigenvalue weighted by atomic mass is 35.5. The zero-order chi connectivity index (χ0) is 17.5. The highest BCUT2D eigenvalue weighted by molar-refractivity contribution is 6.31. The van der Waals surface area contributed by atoms with Crippen molar-refractivity contribution in [3.05, 3.63) is 64.2 Å². The summed E-state index contributed by atoms with van der Waals surface area (Å²) < 4.78 is 5.67. The van der Waals surface area contributed by atoms with Gasteiger partial charge in [-0.25, -0.2) is 0 Å². The molecule has 0 aliphatic carbocycles. The number of benzene rings is 2. The number of aryl methyl sites for hydroxylation is 3. The van der Waals surface area contributed by atoms with Gasteiger partial charge >= 0.3 is 0 Å². The maximum atomic E-state index is 12.1. The van der Waals surface area contributed by atoms with Crippen molar-refractivity contribution in [2.24, 2.45) is 0 Å². The number of nitrogens with one attached hydrogen (secondary N) is 1. The number of rotatable bonds is 7. The fraction of sp³-hybridized carbons (Fsp3) is 0.350. The van der Waals surface area contributed by atoms with Gasteiger partial charge in [0.15, 0.2) is 6.10 Å². The van der Waals surface area contributed by atoms with Crippen molar-refractivity contribution < 1.29 is 9.53 Å². The van der Waals surface area contributed by atoms with E-state index in [2.05, 4.69) is 36.5 Å². The smallest absolute Gasteiger partial charge is 0.260 e. The van der Waals surface area contributed by atoms with Crippen LogP contribution in [-0.2, 0) is 11.2 Å². The van der Waals surface area contributed by atoms with Crippen LogP contribution in [0.3, 0.4) is 0 Å². The van der Waals surface area contributed by atoms with Crippen molar-refractivity contribution in [2.75, 3.05) is 6.54 Å². The molecule has 0 spiro atoms. The summed E-state index contributed by atoms with van der Waals surface area (Å²) in [5.74, 6) is 0.547. The average molecular weight is 346 g/mol. The zero-order valence-corrected chi connectivity index (χ0v) is 15.2. The summed E-state index contributed by atoms with van der Waals surface area (Å²) >= 11 is 5.99. The van der Waals surface area contributed by atoms with E-state index in [1.807, 2.05) is 13.0 Å². The van der Waals surface area contributed by atoms with Crippen molar-refractivity contribution in [3.63, 3.8) is 0 Å². The van der Waals surface area contributed by atoms with Gasteiger partial charge in [-0.3, -0.25) is 4.79 Å². The molecule has 1 amide bonds. The van der Waals surface area contributed by atoms with E-state index in [0.29, 0.717) is 17.3 Å². The van der Waals surface area contributed by atoms with Gasteiger partial charge in [0.05, 0.1) is 0 Å². The number of halogens is 1. The number of ether oxygens (including phenoxy) is 1. The summed E-state index contributed by atoms with van der Waals surface area (Å²) in [7, 11) is 0. The molecule has 24 heavy (non-hydrogen) atoms. The molecule has 0 aromatic heterocycles. The van der Waals surface area contributed by atoms with Gasteiger partial charge in [-0.15, -0.1) is 0 Å². The number of carbonyl (C=O) groups excluding carboxylic acids is 1. The lowest BCUT2D eigenvalue weighted by Crippen LogP contribution is -2.36. The van der Waals surface area contributed by atoms with Crippen LogP contribution >= 0.6 is 11.6 Å². The van der Waals surface area contributed by atoms with Gasteiger partial charge in [0.2, 0.25) is 0 Å². The molecule has 0 saturated heterocycles. The largest absolute Gasteiger partial charge is 0.481 e. The van der Waals surface area contributed by atoms with Gasteiger partial charge < -0.3 is 10.1 Å². The van der Waals surface area contributed by atoms with E-state index < -0.39 is 6.10 Å². The van der Waals surface area contributed by atoms with E-state index >= 15 is 0 Å². The van der Waals surface area contributed by atoms with E-state index in [4.69, 9.17) is 16.3 Å². The van der Waals surface area contributed by atoms with Gasteiger partial charge in [-0.05, 0) is 62.9 Å². The Morgan fingerprint density at radius 3 is 2.54 bits per heavy atom. The van der Waals surface area contributed by atoms with Gasteiger partial charge in [-0.1, -0.05) is 41.4 Å². The molecule has 2 rings (SSSR count). The van der Waals surface area contributed by atoms with Crippen LogP contribution in [0.4, 0.5) is 0 Å². The zero-order valence-electron chi connectivity index (χ0n) is 14.4. The van der Waals surface area contributed by atoms with E-state index in [1.165, 1.54) is 11.1 Å². The molecular weight excluding hydrogens is 322 g/mol. The molecule has 1 atom stereocenters. The number of hydrogen-bond acceptors (Lipinski definition) is 2. The van der Waals surface area contributed by atoms with Gasteiger partial charge in [0, 0.05) is 11.6 Å². The molecule has 0 unspecified atom stereocenters. The molecule has 128 valence electrons. The van der Waals surface area contributed by atoms with Crippen molar-refractivity contribution in [1.82, 2.24) is 5.32 Å². The van der Waals surface area contributed by atoms with Crippen LogP contribution in [0.25, 0.3) is 0 Å². The lowest BCUT2D eigenvalue weighted by Gasteiger charge is -2.15. The SMILES string of the molecule is Cc1ccc(CCCNC(=O)[C@@H](C)Oc2ccc(Cl)c(C)c2)cc1. The molecular formula is C20H24ClNO2. The van der Waals surface area contributed by atoms with E-state index in [0.717, 1.165) is 18.4 Å². The predicted octanol–water partition coefficient (Wildman–Crippen LogP) is 4.47. The summed E-state index contributed by atoms with van der Waals surface area (Å²) in [4.78, 5) is 12.1. The van der Waals surface area contributed by atoms with Gasteiger partial charge in [0.25, 0.3) is 5.91 Å². The Balaban J connectivity index is 1.73. The Morgan fingerprint density at radius 2 is 1.88 bits per heavy atom. The van der Waals surface area contributed by atoms with E-state index in [1.54, 1.807) is 19.1 Å². The Kier molecular flexibility index (Phi) is 6.68. The lowest BCUT2D eigenvalue weighted by atomic mass is 10.1. The third-order valence-electron chi connectivity index (χ3n) is 3.87. The Labute approximate surface area is 149 Å². The number of carbonyl (C=O) groups is 1. The van der Waals surface area contributed by atoms with Crippen molar-refractivity contribution >= 4 is 17.5 Å². The summed E-state index contributed by atoms with van der Waals surface area (Å²) in [5, 5.41) is 3.61. The van der Waals surface area contributed by atoms with Crippen LogP contribution in [-0.4, -0.2) is 18.6 Å². The minimum absolute atomic E-state index is 0.105. The number of amides is 1. The predicted molar refractivity (Wildman–Crippen MR) is 98.8 cm³/mol. The molecule has 4 heteroatoms. The molecule has 0 aliphatic rings. The van der Waals surface area contributed by atoms with Crippen LogP contribution < -0.4 is 10.1 Å². The molecule has 0 saturated carbocycles. The summed E-state index contributed by atoms with van der Waals surface area (Å²) in [5.41, 5.74) is 3.48. The van der Waals surface area contributed by atoms with Gasteiger partial charge in [0.1, 0.15) is 5.75 Å². The van der Waals surface area contributed by atoms with Crippen LogP contribution in [0.2, 0.25) is 5.02 Å². The minimum Gasteiger partial charge on any atom is -0.481 e. The summed E-state index contributed by atoms with van der Waals surface area (Å²) in [6.07, 6.45) is 1.32. The second-order valence-corrected chi connectivity index (χ2v) is 6.46. The van der Waals surface area contributed by atoms with Crippen LogP contribution in [0.5, 0.6) is 5.75 Å². The monoisotopic (exact) mass is 345 g/mol. The molecule has 2 aromatic carbocycles. The Morgan fingerprint density at radius 1 is 1.17 bits per heavy atom. The first-order valence-electron chi connectivity index (χ1n) is 8.22. The van der Waals surface area contributed by atoms with E-state index in [9.17, 15) is 4.79 Å². The summed E-state index contributed by atoms with van der Waals surface area (Å²) in [6.45, 7) is 6.37. The Bertz CT molecular complexity index is 683. The first-order chi connectivity index (χ1) is 11.5. The molecule has 0 aliphatic heterocycles. The normalized spacial score (nSPS) is 11.8. The second kappa shape index (κ2) is 8.74. The number of hydrogen-bond donors (Lipinski definition) is 1. The molecule has 0 radical (unpaired) electrons. The molecule has 3 nitrogen and oxygen atoms in total. The van der Waals surface area contributed by atoms with Crippen LogP contribution in [0.1, 0.15) is 30.0 Å². The van der Waals surface area contributed by atoms with E-state index in [-0.39, 0.29) is 5.91 Å². The third kappa shape index (κ3) is 5.57. The summed E-state index contributed by atoms with van der Waals surface area (Å²) in [6, 6.07) is 13.9. The lowest BCUT2D eigenvalue weighted by molar-refractivity contribution is -0.127. The van der Waals surface area contributed by atoms with Crippen molar-refractivity contribution in [2.45, 2.75) is 39.7 Å². The maximum absolute atomic E-state index is 12.1. The topological polar surface area (TPSA) is 38.3 Å². The van der Waals surface area contributed by atoms with Crippen molar-refractivity contribution in [3.8, 4) is 5.75 Å². The highest BCUT2D eigenvalue weighted by Gasteiger charge is 2.14. The maximum Gasteiger partial charge on any atom is 0.260 e. The standard InChI is InChI=1S/C20H24ClNO2/c1-14-6-8-17(9-7-14)5-4-12-22-20(23)16(3)24-18-10-11-19(21)15(2)13-18/h6-11,13,16H,4-5,12H2,1-3H3,(H,22,23)/t16-/m1/s1. The van der Waals surface area contributed by atoms with Crippen molar-refractivity contribution in [1.29, 1.82) is 0 Å². The van der Waals surface area contributed by atoms with Crippen LogP contribution in [0, 0.1) is 13.8 Å². The molecule has 0 fully saturated rings. The minimum atomic E-state index is -0.537. The quantitative estimate of drug-likeness (QED) is 0.752. The Hall–Kier alpha value is -2.00. The fourth-order valence-electron chi connectivity index (χ4n) is 2.35. The molecule has 0 bridgehead atoms. The molecule has 2 aromatic rings. The second-order valence-electron chi connectivity index (χ2n) is 6.05.